The van der Waals surface area contributed by atoms with Gasteiger partial charge < -0.3 is 9.47 Å². The van der Waals surface area contributed by atoms with Crippen LogP contribution in [0, 0.1) is 5.92 Å². The summed E-state index contributed by atoms with van der Waals surface area (Å²) in [6.07, 6.45) is 3.59. The van der Waals surface area contributed by atoms with Gasteiger partial charge >= 0.3 is 5.97 Å². The smallest absolute Gasteiger partial charge is 0.303 e. The fraction of sp³-hybridized carbons (Fsp3) is 0.316. The van der Waals surface area contributed by atoms with Gasteiger partial charge in [0.25, 0.3) is 0 Å². The molecule has 1 atom stereocenters. The van der Waals surface area contributed by atoms with E-state index in [9.17, 15) is 4.79 Å². The Morgan fingerprint density at radius 3 is 2.77 bits per heavy atom. The molecule has 3 rings (SSSR count). The standard InChI is InChI=1S/C19H20O3/c1-12(2)11-21-17-9-7-14-5-4-6-15-18(22-13(3)20)10-8-16(17)19(14)15/h4-10,12,18H,11H2,1-3H3. The van der Waals surface area contributed by atoms with Gasteiger partial charge in [0.1, 0.15) is 11.9 Å². The molecule has 0 heterocycles. The van der Waals surface area contributed by atoms with Gasteiger partial charge in [0.2, 0.25) is 0 Å². The molecule has 2 aromatic carbocycles. The van der Waals surface area contributed by atoms with Gasteiger partial charge in [-0.1, -0.05) is 44.2 Å². The summed E-state index contributed by atoms with van der Waals surface area (Å²) in [6, 6.07) is 10.1. The molecule has 0 N–H and O–H groups in total. The van der Waals surface area contributed by atoms with Crippen molar-refractivity contribution in [3.8, 4) is 5.75 Å². The Hall–Kier alpha value is -2.29. The first kappa shape index (κ1) is 14.6. The van der Waals surface area contributed by atoms with Crippen LogP contribution in [0.3, 0.4) is 0 Å². The van der Waals surface area contributed by atoms with Gasteiger partial charge in [-0.2, -0.15) is 0 Å². The summed E-state index contributed by atoms with van der Waals surface area (Å²) in [7, 11) is 0. The highest BCUT2D eigenvalue weighted by molar-refractivity contribution is 5.97. The number of hydrogen-bond acceptors (Lipinski definition) is 3. The van der Waals surface area contributed by atoms with E-state index in [-0.39, 0.29) is 12.1 Å². The Morgan fingerprint density at radius 2 is 2.05 bits per heavy atom. The molecule has 0 aromatic heterocycles. The Bertz CT molecular complexity index is 744. The van der Waals surface area contributed by atoms with Crippen LogP contribution in [0.5, 0.6) is 5.75 Å². The van der Waals surface area contributed by atoms with Gasteiger partial charge in [-0.25, -0.2) is 0 Å². The van der Waals surface area contributed by atoms with E-state index < -0.39 is 0 Å². The van der Waals surface area contributed by atoms with Crippen LogP contribution in [-0.2, 0) is 9.53 Å². The van der Waals surface area contributed by atoms with Crippen LogP contribution in [0.1, 0.15) is 38.0 Å². The molecule has 114 valence electrons. The summed E-state index contributed by atoms with van der Waals surface area (Å²) >= 11 is 0. The molecule has 0 amide bonds. The molecule has 3 heteroatoms. The topological polar surface area (TPSA) is 35.5 Å². The van der Waals surface area contributed by atoms with E-state index in [4.69, 9.17) is 9.47 Å². The SMILES string of the molecule is CC(=O)OC1C=Cc2c(OCC(C)C)ccc3cccc1c23. The molecule has 1 aliphatic carbocycles. The van der Waals surface area contributed by atoms with Gasteiger partial charge in [0.15, 0.2) is 0 Å². The third kappa shape index (κ3) is 2.71. The van der Waals surface area contributed by atoms with Crippen molar-refractivity contribution in [2.24, 2.45) is 5.92 Å². The van der Waals surface area contributed by atoms with E-state index in [2.05, 4.69) is 26.0 Å². The van der Waals surface area contributed by atoms with Crippen molar-refractivity contribution in [3.05, 3.63) is 47.5 Å². The minimum Gasteiger partial charge on any atom is -0.493 e. The van der Waals surface area contributed by atoms with Gasteiger partial charge in [0, 0.05) is 18.1 Å². The van der Waals surface area contributed by atoms with Crippen molar-refractivity contribution in [1.82, 2.24) is 0 Å². The average molecular weight is 296 g/mol. The predicted molar refractivity (Wildman–Crippen MR) is 87.8 cm³/mol. The van der Waals surface area contributed by atoms with Crippen LogP contribution >= 0.6 is 0 Å². The number of ether oxygens (including phenoxy) is 2. The summed E-state index contributed by atoms with van der Waals surface area (Å²) in [5.74, 6) is 1.08. The third-order valence-corrected chi connectivity index (χ3v) is 3.69. The normalized spacial score (nSPS) is 16.1. The second-order valence-corrected chi connectivity index (χ2v) is 6.02. The van der Waals surface area contributed by atoms with Crippen LogP contribution in [0.4, 0.5) is 0 Å². The van der Waals surface area contributed by atoms with Crippen LogP contribution in [0.15, 0.2) is 36.4 Å². The van der Waals surface area contributed by atoms with E-state index >= 15 is 0 Å². The van der Waals surface area contributed by atoms with Crippen molar-refractivity contribution in [2.45, 2.75) is 26.9 Å². The van der Waals surface area contributed by atoms with Crippen LogP contribution in [0.2, 0.25) is 0 Å². The molecule has 22 heavy (non-hydrogen) atoms. The molecule has 1 aliphatic rings. The summed E-state index contributed by atoms with van der Waals surface area (Å²) in [5.41, 5.74) is 2.08. The number of carbonyl (C=O) groups excluding carboxylic acids is 1. The molecule has 1 unspecified atom stereocenters. The Morgan fingerprint density at radius 1 is 1.23 bits per heavy atom. The molecule has 0 aliphatic heterocycles. The zero-order chi connectivity index (χ0) is 15.7. The minimum atomic E-state index is -0.325. The number of hydrogen-bond donors (Lipinski definition) is 0. The third-order valence-electron chi connectivity index (χ3n) is 3.69. The minimum absolute atomic E-state index is 0.276. The van der Waals surface area contributed by atoms with E-state index in [0.29, 0.717) is 12.5 Å². The summed E-state index contributed by atoms with van der Waals surface area (Å²) in [4.78, 5) is 11.3. The maximum atomic E-state index is 11.3. The molecule has 0 radical (unpaired) electrons. The van der Waals surface area contributed by atoms with Crippen molar-refractivity contribution in [2.75, 3.05) is 6.61 Å². The van der Waals surface area contributed by atoms with E-state index in [0.717, 1.165) is 27.6 Å². The predicted octanol–water partition coefficient (Wildman–Crippen LogP) is 4.51. The Labute approximate surface area is 130 Å². The molecular weight excluding hydrogens is 276 g/mol. The molecule has 0 saturated heterocycles. The van der Waals surface area contributed by atoms with Crippen LogP contribution in [0.25, 0.3) is 16.8 Å². The van der Waals surface area contributed by atoms with Gasteiger partial charge in [-0.05, 0) is 28.8 Å². The molecular formula is C19H20O3. The van der Waals surface area contributed by atoms with Crippen molar-refractivity contribution in [1.29, 1.82) is 0 Å². The largest absolute Gasteiger partial charge is 0.493 e. The second-order valence-electron chi connectivity index (χ2n) is 6.02. The highest BCUT2D eigenvalue weighted by atomic mass is 16.5. The monoisotopic (exact) mass is 296 g/mol. The molecule has 3 nitrogen and oxygen atoms in total. The number of benzene rings is 2. The first-order valence-electron chi connectivity index (χ1n) is 7.60. The molecule has 0 saturated carbocycles. The van der Waals surface area contributed by atoms with Gasteiger partial charge in [0.05, 0.1) is 6.61 Å². The summed E-state index contributed by atoms with van der Waals surface area (Å²) in [5, 5.41) is 2.24. The number of carbonyl (C=O) groups is 1. The van der Waals surface area contributed by atoms with Gasteiger partial charge in [-0.3, -0.25) is 4.79 Å². The quantitative estimate of drug-likeness (QED) is 0.779. The Kier molecular flexibility index (Phi) is 3.88. The fourth-order valence-corrected chi connectivity index (χ4v) is 2.77. The van der Waals surface area contributed by atoms with Gasteiger partial charge in [-0.15, -0.1) is 0 Å². The van der Waals surface area contributed by atoms with E-state index in [1.165, 1.54) is 6.92 Å². The first-order chi connectivity index (χ1) is 10.6. The first-order valence-corrected chi connectivity index (χ1v) is 7.60. The molecule has 2 aromatic rings. The zero-order valence-electron chi connectivity index (χ0n) is 13.1. The fourth-order valence-electron chi connectivity index (χ4n) is 2.77. The average Bonchev–Trinajstić information content (AvgIpc) is 2.48. The van der Waals surface area contributed by atoms with Crippen molar-refractivity contribution >= 4 is 22.8 Å². The lowest BCUT2D eigenvalue weighted by molar-refractivity contribution is -0.144. The van der Waals surface area contributed by atoms with Crippen molar-refractivity contribution < 1.29 is 14.3 Å². The highest BCUT2D eigenvalue weighted by Gasteiger charge is 2.22. The lowest BCUT2D eigenvalue weighted by atomic mass is 9.91. The highest BCUT2D eigenvalue weighted by Crippen LogP contribution is 2.39. The Balaban J connectivity index is 2.09. The summed E-state index contributed by atoms with van der Waals surface area (Å²) in [6.45, 7) is 6.38. The second kappa shape index (κ2) is 5.84. The molecule has 0 fully saturated rings. The van der Waals surface area contributed by atoms with E-state index in [1.54, 1.807) is 0 Å². The lowest BCUT2D eigenvalue weighted by Crippen LogP contribution is -2.11. The molecule has 0 spiro atoms. The van der Waals surface area contributed by atoms with Crippen molar-refractivity contribution in [3.63, 3.8) is 0 Å². The number of esters is 1. The maximum Gasteiger partial charge on any atom is 0.303 e. The van der Waals surface area contributed by atoms with Crippen LogP contribution in [-0.4, -0.2) is 12.6 Å². The molecule has 0 bridgehead atoms. The zero-order valence-corrected chi connectivity index (χ0v) is 13.1. The van der Waals surface area contributed by atoms with Crippen LogP contribution < -0.4 is 4.74 Å². The lowest BCUT2D eigenvalue weighted by Gasteiger charge is -2.23. The number of rotatable bonds is 4. The summed E-state index contributed by atoms with van der Waals surface area (Å²) < 4.78 is 11.4. The van der Waals surface area contributed by atoms with E-state index in [1.807, 2.05) is 30.4 Å². The maximum absolute atomic E-state index is 11.3.